The van der Waals surface area contributed by atoms with Crippen LogP contribution in [0.25, 0.3) is 0 Å². The van der Waals surface area contributed by atoms with Gasteiger partial charge in [-0.2, -0.15) is 0 Å². The van der Waals surface area contributed by atoms with Gasteiger partial charge in [-0.25, -0.2) is 0 Å². The van der Waals surface area contributed by atoms with Crippen molar-refractivity contribution in [1.82, 2.24) is 10.2 Å². The van der Waals surface area contributed by atoms with Gasteiger partial charge in [-0.05, 0) is 18.1 Å². The van der Waals surface area contributed by atoms with E-state index >= 15 is 0 Å². The van der Waals surface area contributed by atoms with E-state index in [1.807, 2.05) is 24.3 Å². The van der Waals surface area contributed by atoms with Crippen LogP contribution in [0.15, 0.2) is 24.3 Å². The number of rotatable bonds is 1. The van der Waals surface area contributed by atoms with Crippen molar-refractivity contribution in [3.63, 3.8) is 0 Å². The Morgan fingerprint density at radius 2 is 2.05 bits per heavy atom. The quantitative estimate of drug-likeness (QED) is 0.774. The van der Waals surface area contributed by atoms with E-state index in [0.717, 1.165) is 24.2 Å². The van der Waals surface area contributed by atoms with Gasteiger partial charge in [0.05, 0.1) is 12.5 Å². The molecule has 1 unspecified atom stereocenters. The van der Waals surface area contributed by atoms with Gasteiger partial charge in [-0.15, -0.1) is 0 Å². The second-order valence-electron chi connectivity index (χ2n) is 4.97. The summed E-state index contributed by atoms with van der Waals surface area (Å²) in [5.41, 5.74) is 2.08. The van der Waals surface area contributed by atoms with Crippen molar-refractivity contribution in [3.8, 4) is 0 Å². The average Bonchev–Trinajstić information content (AvgIpc) is 2.46. The Morgan fingerprint density at radius 1 is 1.21 bits per heavy atom. The molecule has 2 aliphatic heterocycles. The van der Waals surface area contributed by atoms with Gasteiger partial charge in [0.25, 0.3) is 0 Å². The standard InChI is InChI=1S/C14H17N3O2/c18-13-9-17(8-7-16-13)14(19)11-5-6-15-12-4-2-1-3-10(11)12/h1-4,11,15H,5-9H2,(H,16,18). The van der Waals surface area contributed by atoms with Crippen LogP contribution in [-0.2, 0) is 9.59 Å². The van der Waals surface area contributed by atoms with Crippen molar-refractivity contribution in [3.05, 3.63) is 29.8 Å². The average molecular weight is 259 g/mol. The highest BCUT2D eigenvalue weighted by atomic mass is 16.2. The third-order valence-electron chi connectivity index (χ3n) is 3.73. The number of hydrogen-bond donors (Lipinski definition) is 2. The lowest BCUT2D eigenvalue weighted by molar-refractivity contribution is -0.139. The van der Waals surface area contributed by atoms with Gasteiger partial charge in [0, 0.05) is 25.3 Å². The summed E-state index contributed by atoms with van der Waals surface area (Å²) in [6.45, 7) is 2.15. The zero-order chi connectivity index (χ0) is 13.2. The van der Waals surface area contributed by atoms with Crippen LogP contribution in [0.3, 0.4) is 0 Å². The molecule has 1 saturated heterocycles. The molecule has 0 radical (unpaired) electrons. The molecule has 3 rings (SSSR count). The fourth-order valence-electron chi connectivity index (χ4n) is 2.77. The minimum atomic E-state index is -0.122. The molecule has 2 heterocycles. The molecule has 1 atom stereocenters. The first-order chi connectivity index (χ1) is 9.25. The number of fused-ring (bicyclic) bond motifs is 1. The third-order valence-corrected chi connectivity index (χ3v) is 3.73. The number of benzene rings is 1. The first kappa shape index (κ1) is 12.0. The smallest absolute Gasteiger partial charge is 0.239 e. The molecule has 1 aromatic rings. The second kappa shape index (κ2) is 4.91. The number of nitrogens with zero attached hydrogens (tertiary/aromatic N) is 1. The van der Waals surface area contributed by atoms with Crippen molar-refractivity contribution in [2.75, 3.05) is 31.5 Å². The van der Waals surface area contributed by atoms with Crippen LogP contribution in [-0.4, -0.2) is 42.9 Å². The highest BCUT2D eigenvalue weighted by Crippen LogP contribution is 2.32. The Balaban J connectivity index is 1.83. The summed E-state index contributed by atoms with van der Waals surface area (Å²) in [6.07, 6.45) is 0.786. The minimum Gasteiger partial charge on any atom is -0.385 e. The second-order valence-corrected chi connectivity index (χ2v) is 4.97. The molecule has 0 bridgehead atoms. The van der Waals surface area contributed by atoms with Crippen LogP contribution in [0.1, 0.15) is 17.9 Å². The zero-order valence-electron chi connectivity index (χ0n) is 10.7. The normalized spacial score (nSPS) is 22.2. The number of piperazine rings is 1. The first-order valence-electron chi connectivity index (χ1n) is 6.64. The molecular formula is C14H17N3O2. The van der Waals surface area contributed by atoms with Crippen molar-refractivity contribution >= 4 is 17.5 Å². The number of para-hydroxylation sites is 1. The van der Waals surface area contributed by atoms with E-state index in [0.29, 0.717) is 13.1 Å². The fraction of sp³-hybridized carbons (Fsp3) is 0.429. The number of carbonyl (C=O) groups is 2. The molecule has 1 aromatic carbocycles. The van der Waals surface area contributed by atoms with Gasteiger partial charge in [0.15, 0.2) is 0 Å². The summed E-state index contributed by atoms with van der Waals surface area (Å²) in [4.78, 5) is 25.6. The van der Waals surface area contributed by atoms with Crippen LogP contribution in [0.4, 0.5) is 5.69 Å². The monoisotopic (exact) mass is 259 g/mol. The van der Waals surface area contributed by atoms with E-state index < -0.39 is 0 Å². The van der Waals surface area contributed by atoms with Crippen LogP contribution >= 0.6 is 0 Å². The van der Waals surface area contributed by atoms with Crippen LogP contribution in [0.2, 0.25) is 0 Å². The molecule has 2 N–H and O–H groups in total. The van der Waals surface area contributed by atoms with Gasteiger partial charge in [-0.1, -0.05) is 18.2 Å². The first-order valence-corrected chi connectivity index (χ1v) is 6.64. The van der Waals surface area contributed by atoms with Crippen molar-refractivity contribution in [2.24, 2.45) is 0 Å². The summed E-state index contributed by atoms with van der Waals surface area (Å²) in [6, 6.07) is 7.91. The highest BCUT2D eigenvalue weighted by Gasteiger charge is 2.31. The van der Waals surface area contributed by atoms with Crippen LogP contribution in [0, 0.1) is 0 Å². The maximum Gasteiger partial charge on any atom is 0.239 e. The molecule has 1 fully saturated rings. The molecule has 100 valence electrons. The fourth-order valence-corrected chi connectivity index (χ4v) is 2.77. The van der Waals surface area contributed by atoms with Gasteiger partial charge >= 0.3 is 0 Å². The van der Waals surface area contributed by atoms with Crippen LogP contribution < -0.4 is 10.6 Å². The van der Waals surface area contributed by atoms with E-state index in [4.69, 9.17) is 0 Å². The van der Waals surface area contributed by atoms with Gasteiger partial charge < -0.3 is 15.5 Å². The summed E-state index contributed by atoms with van der Waals surface area (Å²) >= 11 is 0. The largest absolute Gasteiger partial charge is 0.385 e. The number of hydrogen-bond acceptors (Lipinski definition) is 3. The lowest BCUT2D eigenvalue weighted by Gasteiger charge is -2.33. The van der Waals surface area contributed by atoms with Crippen molar-refractivity contribution in [2.45, 2.75) is 12.3 Å². The third kappa shape index (κ3) is 2.28. The van der Waals surface area contributed by atoms with Crippen molar-refractivity contribution in [1.29, 1.82) is 0 Å². The number of carbonyl (C=O) groups excluding carboxylic acids is 2. The Labute approximate surface area is 112 Å². The van der Waals surface area contributed by atoms with Gasteiger partial charge in [0.1, 0.15) is 0 Å². The lowest BCUT2D eigenvalue weighted by Crippen LogP contribution is -2.51. The predicted molar refractivity (Wildman–Crippen MR) is 71.9 cm³/mol. The summed E-state index contributed by atoms with van der Waals surface area (Å²) in [5.74, 6) is -0.117. The number of nitrogens with one attached hydrogen (secondary N) is 2. The Bertz CT molecular complexity index is 515. The molecule has 0 spiro atoms. The molecular weight excluding hydrogens is 242 g/mol. The van der Waals surface area contributed by atoms with E-state index in [1.165, 1.54) is 0 Å². The van der Waals surface area contributed by atoms with E-state index in [-0.39, 0.29) is 24.3 Å². The molecule has 5 heteroatoms. The minimum absolute atomic E-state index is 0.0678. The number of anilines is 1. The Kier molecular flexibility index (Phi) is 3.11. The lowest BCUT2D eigenvalue weighted by atomic mass is 9.89. The van der Waals surface area contributed by atoms with E-state index in [1.54, 1.807) is 4.90 Å². The molecule has 0 saturated carbocycles. The van der Waals surface area contributed by atoms with E-state index in [2.05, 4.69) is 10.6 Å². The molecule has 2 amide bonds. The molecule has 0 aliphatic carbocycles. The summed E-state index contributed by atoms with van der Waals surface area (Å²) in [5, 5.41) is 6.05. The number of amides is 2. The zero-order valence-corrected chi connectivity index (χ0v) is 10.7. The summed E-state index contributed by atoms with van der Waals surface area (Å²) < 4.78 is 0. The molecule has 5 nitrogen and oxygen atoms in total. The molecule has 19 heavy (non-hydrogen) atoms. The summed E-state index contributed by atoms with van der Waals surface area (Å²) in [7, 11) is 0. The Hall–Kier alpha value is -2.04. The molecule has 0 aromatic heterocycles. The topological polar surface area (TPSA) is 61.4 Å². The predicted octanol–water partition coefficient (Wildman–Crippen LogP) is 0.544. The highest BCUT2D eigenvalue weighted by molar-refractivity contribution is 5.90. The van der Waals surface area contributed by atoms with Crippen molar-refractivity contribution < 1.29 is 9.59 Å². The van der Waals surface area contributed by atoms with E-state index in [9.17, 15) is 9.59 Å². The maximum absolute atomic E-state index is 12.6. The van der Waals surface area contributed by atoms with Crippen LogP contribution in [0.5, 0.6) is 0 Å². The Morgan fingerprint density at radius 3 is 2.89 bits per heavy atom. The maximum atomic E-state index is 12.6. The SMILES string of the molecule is O=C1CN(C(=O)C2CCNc3ccccc32)CCN1. The van der Waals surface area contributed by atoms with Gasteiger partial charge in [0.2, 0.25) is 11.8 Å². The molecule has 2 aliphatic rings. The van der Waals surface area contributed by atoms with Gasteiger partial charge in [-0.3, -0.25) is 9.59 Å².